The smallest absolute Gasteiger partial charge is 0.312 e. The molecule has 5 heteroatoms. The van der Waals surface area contributed by atoms with Crippen LogP contribution in [0.25, 0.3) is 0 Å². The van der Waals surface area contributed by atoms with Crippen molar-refractivity contribution in [1.82, 2.24) is 4.90 Å². The molecule has 37 heavy (non-hydrogen) atoms. The third-order valence-corrected chi connectivity index (χ3v) is 8.57. The SMILES string of the molecule is CC(C)Cc1ccc(C(C)C(=O)O)cc1.CCN(CC)CCOC(=O)C1(C2CCCCC2)CCCCC1. The van der Waals surface area contributed by atoms with Gasteiger partial charge in [0.15, 0.2) is 0 Å². The second kappa shape index (κ2) is 16.2. The van der Waals surface area contributed by atoms with E-state index in [0.717, 1.165) is 44.5 Å². The highest BCUT2D eigenvalue weighted by atomic mass is 16.5. The molecule has 1 N–H and O–H groups in total. The number of carbonyl (C=O) groups excluding carboxylic acids is 1. The first-order valence-corrected chi connectivity index (χ1v) is 14.9. The Morgan fingerprint density at radius 2 is 1.51 bits per heavy atom. The van der Waals surface area contributed by atoms with Crippen LogP contribution < -0.4 is 0 Å². The fourth-order valence-electron chi connectivity index (χ4n) is 6.12. The van der Waals surface area contributed by atoms with E-state index in [4.69, 9.17) is 9.84 Å². The number of hydrogen-bond acceptors (Lipinski definition) is 4. The largest absolute Gasteiger partial charge is 0.481 e. The minimum absolute atomic E-state index is 0.131. The molecule has 0 bridgehead atoms. The minimum Gasteiger partial charge on any atom is -0.481 e. The molecule has 1 unspecified atom stereocenters. The van der Waals surface area contributed by atoms with Gasteiger partial charge < -0.3 is 14.7 Å². The lowest BCUT2D eigenvalue weighted by Crippen LogP contribution is -2.43. The Labute approximate surface area is 226 Å². The topological polar surface area (TPSA) is 66.8 Å². The van der Waals surface area contributed by atoms with Crippen molar-refractivity contribution in [3.63, 3.8) is 0 Å². The van der Waals surface area contributed by atoms with Crippen LogP contribution in [0.4, 0.5) is 0 Å². The van der Waals surface area contributed by atoms with Crippen molar-refractivity contribution in [2.75, 3.05) is 26.2 Å². The highest BCUT2D eigenvalue weighted by molar-refractivity contribution is 5.77. The van der Waals surface area contributed by atoms with E-state index < -0.39 is 11.9 Å². The maximum atomic E-state index is 12.9. The normalized spacial score (nSPS) is 18.7. The molecule has 2 aliphatic carbocycles. The minimum atomic E-state index is -0.772. The monoisotopic (exact) mass is 515 g/mol. The maximum Gasteiger partial charge on any atom is 0.312 e. The van der Waals surface area contributed by atoms with Crippen molar-refractivity contribution in [3.8, 4) is 0 Å². The number of carboxylic acid groups (broad SMARTS) is 1. The van der Waals surface area contributed by atoms with Gasteiger partial charge in [0.1, 0.15) is 6.61 Å². The molecule has 1 aromatic carbocycles. The maximum absolute atomic E-state index is 12.9. The van der Waals surface area contributed by atoms with Gasteiger partial charge in [-0.2, -0.15) is 0 Å². The summed E-state index contributed by atoms with van der Waals surface area (Å²) in [6.07, 6.45) is 13.3. The van der Waals surface area contributed by atoms with Gasteiger partial charge in [-0.1, -0.05) is 90.5 Å². The van der Waals surface area contributed by atoms with Crippen LogP contribution >= 0.6 is 0 Å². The summed E-state index contributed by atoms with van der Waals surface area (Å²) in [6.45, 7) is 13.9. The number of benzene rings is 1. The van der Waals surface area contributed by atoms with Crippen molar-refractivity contribution < 1.29 is 19.4 Å². The molecule has 0 amide bonds. The van der Waals surface area contributed by atoms with E-state index in [2.05, 4.69) is 32.6 Å². The molecule has 0 aromatic heterocycles. The van der Waals surface area contributed by atoms with Gasteiger partial charge in [-0.25, -0.2) is 0 Å². The Morgan fingerprint density at radius 1 is 0.946 bits per heavy atom. The molecule has 1 atom stereocenters. The zero-order valence-electron chi connectivity index (χ0n) is 24.3. The van der Waals surface area contributed by atoms with Crippen LogP contribution in [0, 0.1) is 17.3 Å². The lowest BCUT2D eigenvalue weighted by molar-refractivity contribution is -0.164. The summed E-state index contributed by atoms with van der Waals surface area (Å²) in [5.74, 6) is 0.159. The summed E-state index contributed by atoms with van der Waals surface area (Å²) in [4.78, 5) is 26.0. The van der Waals surface area contributed by atoms with Gasteiger partial charge in [-0.3, -0.25) is 9.59 Å². The molecule has 5 nitrogen and oxygen atoms in total. The number of nitrogens with zero attached hydrogens (tertiary/aromatic N) is 1. The molecule has 0 radical (unpaired) electrons. The molecule has 0 spiro atoms. The van der Waals surface area contributed by atoms with Crippen LogP contribution in [0.1, 0.15) is 116 Å². The molecule has 2 aliphatic rings. The van der Waals surface area contributed by atoms with Crippen molar-refractivity contribution in [1.29, 1.82) is 0 Å². The van der Waals surface area contributed by atoms with Gasteiger partial charge in [0.25, 0.3) is 0 Å². The highest BCUT2D eigenvalue weighted by Crippen LogP contribution is 2.49. The van der Waals surface area contributed by atoms with Crippen molar-refractivity contribution in [3.05, 3.63) is 35.4 Å². The molecule has 2 saturated carbocycles. The molecule has 0 aliphatic heterocycles. The Balaban J connectivity index is 0.000000281. The van der Waals surface area contributed by atoms with E-state index in [1.807, 2.05) is 24.3 Å². The van der Waals surface area contributed by atoms with Gasteiger partial charge in [0.2, 0.25) is 0 Å². The Hall–Kier alpha value is -1.88. The number of esters is 1. The van der Waals surface area contributed by atoms with E-state index >= 15 is 0 Å². The van der Waals surface area contributed by atoms with Crippen LogP contribution in [0.2, 0.25) is 0 Å². The zero-order valence-corrected chi connectivity index (χ0v) is 24.3. The summed E-state index contributed by atoms with van der Waals surface area (Å²) < 4.78 is 5.79. The van der Waals surface area contributed by atoms with Gasteiger partial charge in [-0.05, 0) is 75.1 Å². The average Bonchev–Trinajstić information content (AvgIpc) is 2.92. The molecule has 1 aromatic rings. The van der Waals surface area contributed by atoms with Crippen LogP contribution in [0.3, 0.4) is 0 Å². The number of likely N-dealkylation sites (N-methyl/N-ethyl adjacent to an activating group) is 1. The van der Waals surface area contributed by atoms with E-state index in [0.29, 0.717) is 18.4 Å². The lowest BCUT2D eigenvalue weighted by Gasteiger charge is -2.43. The first-order chi connectivity index (χ1) is 17.7. The number of hydrogen-bond donors (Lipinski definition) is 1. The lowest BCUT2D eigenvalue weighted by atomic mass is 9.62. The Morgan fingerprint density at radius 3 is 2.03 bits per heavy atom. The Bertz CT molecular complexity index is 788. The molecule has 210 valence electrons. The summed E-state index contributed by atoms with van der Waals surface area (Å²) >= 11 is 0. The van der Waals surface area contributed by atoms with Crippen LogP contribution in [0.15, 0.2) is 24.3 Å². The number of rotatable bonds is 11. The quantitative estimate of drug-likeness (QED) is 0.310. The number of carbonyl (C=O) groups is 2. The average molecular weight is 516 g/mol. The summed E-state index contributed by atoms with van der Waals surface area (Å²) in [6, 6.07) is 7.87. The summed E-state index contributed by atoms with van der Waals surface area (Å²) in [7, 11) is 0. The van der Waals surface area contributed by atoms with E-state index in [9.17, 15) is 9.59 Å². The molecule has 0 heterocycles. The predicted octanol–water partition coefficient (Wildman–Crippen LogP) is 7.48. The number of aliphatic carboxylic acids is 1. The van der Waals surface area contributed by atoms with Gasteiger partial charge >= 0.3 is 11.9 Å². The zero-order chi connectivity index (χ0) is 27.3. The summed E-state index contributed by atoms with van der Waals surface area (Å²) in [5, 5.41) is 8.85. The molecule has 2 fully saturated rings. The molecular formula is C32H53NO4. The first-order valence-electron chi connectivity index (χ1n) is 14.9. The standard InChI is InChI=1S/C19H35NO2.C13H18O2/c1-3-20(4-2)15-16-22-18(21)19(13-9-6-10-14-19)17-11-7-5-8-12-17;1-9(2)8-11-4-6-12(7-5-11)10(3)13(14)15/h17H,3-16H2,1-2H3;4-7,9-10H,8H2,1-3H3,(H,14,15). The molecule has 0 saturated heterocycles. The highest BCUT2D eigenvalue weighted by Gasteiger charge is 2.47. The Kier molecular flexibility index (Phi) is 13.7. The van der Waals surface area contributed by atoms with E-state index in [1.54, 1.807) is 6.92 Å². The van der Waals surface area contributed by atoms with Crippen LogP contribution in [-0.4, -0.2) is 48.2 Å². The van der Waals surface area contributed by atoms with Crippen molar-refractivity contribution in [2.24, 2.45) is 17.3 Å². The van der Waals surface area contributed by atoms with E-state index in [1.165, 1.54) is 56.9 Å². The first kappa shape index (κ1) is 31.3. The van der Waals surface area contributed by atoms with Crippen molar-refractivity contribution >= 4 is 11.9 Å². The summed E-state index contributed by atoms with van der Waals surface area (Å²) in [5.41, 5.74) is 2.00. The van der Waals surface area contributed by atoms with Crippen molar-refractivity contribution in [2.45, 2.75) is 111 Å². The molecule has 3 rings (SSSR count). The molecular weight excluding hydrogens is 462 g/mol. The van der Waals surface area contributed by atoms with Crippen LogP contribution in [-0.2, 0) is 20.7 Å². The third kappa shape index (κ3) is 9.74. The predicted molar refractivity (Wildman–Crippen MR) is 152 cm³/mol. The van der Waals surface area contributed by atoms with Gasteiger partial charge in [-0.15, -0.1) is 0 Å². The van der Waals surface area contributed by atoms with E-state index in [-0.39, 0.29) is 11.4 Å². The van der Waals surface area contributed by atoms with Gasteiger partial charge in [0.05, 0.1) is 11.3 Å². The second-order valence-electron chi connectivity index (χ2n) is 11.6. The second-order valence-corrected chi connectivity index (χ2v) is 11.6. The third-order valence-electron chi connectivity index (χ3n) is 8.57. The number of ether oxygens (including phenoxy) is 1. The van der Waals surface area contributed by atoms with Crippen LogP contribution in [0.5, 0.6) is 0 Å². The fraction of sp³-hybridized carbons (Fsp3) is 0.750. The number of carboxylic acids is 1. The fourth-order valence-corrected chi connectivity index (χ4v) is 6.12. The van der Waals surface area contributed by atoms with Gasteiger partial charge in [0, 0.05) is 6.54 Å².